The first-order valence-corrected chi connectivity index (χ1v) is 10.9. The number of hydrogen-bond donors (Lipinski definition) is 2. The molecule has 0 amide bonds. The highest BCUT2D eigenvalue weighted by Crippen LogP contribution is 2.23. The molecule has 2 N–H and O–H groups in total. The number of aliphatic imine (C=N–C) groups is 1. The average Bonchev–Trinajstić information content (AvgIpc) is 3.34. The van der Waals surface area contributed by atoms with Gasteiger partial charge in [0.2, 0.25) is 0 Å². The standard InChI is InChI=1S/C22H31N5OS/c1-6-23-22(27(4)13-18-14-29-21(26-18)16(3)28-5)24-11-10-17-12-25-19-9-7-8-15(2)20(17)19/h7-9,12,14,16,25H,6,10-11,13H2,1-5H3,(H,23,24). The van der Waals surface area contributed by atoms with Gasteiger partial charge >= 0.3 is 0 Å². The molecule has 1 unspecified atom stereocenters. The summed E-state index contributed by atoms with van der Waals surface area (Å²) in [6, 6.07) is 6.37. The number of aryl methyl sites for hydroxylation is 1. The fraction of sp³-hybridized carbons (Fsp3) is 0.455. The van der Waals surface area contributed by atoms with Gasteiger partial charge in [-0.2, -0.15) is 0 Å². The van der Waals surface area contributed by atoms with Crippen LogP contribution in [0.15, 0.2) is 34.8 Å². The Labute approximate surface area is 177 Å². The van der Waals surface area contributed by atoms with E-state index in [0.29, 0.717) is 6.54 Å². The quantitative estimate of drug-likeness (QED) is 0.427. The number of hydrogen-bond acceptors (Lipinski definition) is 4. The first kappa shape index (κ1) is 21.3. The molecule has 0 fully saturated rings. The van der Waals surface area contributed by atoms with Gasteiger partial charge in [-0.1, -0.05) is 12.1 Å². The van der Waals surface area contributed by atoms with Crippen molar-refractivity contribution in [2.75, 3.05) is 27.2 Å². The van der Waals surface area contributed by atoms with Gasteiger partial charge < -0.3 is 19.9 Å². The van der Waals surface area contributed by atoms with Crippen molar-refractivity contribution < 1.29 is 4.74 Å². The van der Waals surface area contributed by atoms with Gasteiger partial charge in [-0.25, -0.2) is 4.98 Å². The van der Waals surface area contributed by atoms with Crippen LogP contribution in [0.3, 0.4) is 0 Å². The van der Waals surface area contributed by atoms with Crippen molar-refractivity contribution in [3.63, 3.8) is 0 Å². The van der Waals surface area contributed by atoms with Crippen LogP contribution in [0.4, 0.5) is 0 Å². The van der Waals surface area contributed by atoms with Crippen LogP contribution in [0.2, 0.25) is 0 Å². The van der Waals surface area contributed by atoms with E-state index in [4.69, 9.17) is 14.7 Å². The van der Waals surface area contributed by atoms with Crippen LogP contribution in [0, 0.1) is 6.92 Å². The van der Waals surface area contributed by atoms with E-state index in [9.17, 15) is 0 Å². The highest BCUT2D eigenvalue weighted by molar-refractivity contribution is 7.09. The number of benzene rings is 1. The summed E-state index contributed by atoms with van der Waals surface area (Å²) in [5, 5.41) is 7.82. The topological polar surface area (TPSA) is 65.5 Å². The minimum atomic E-state index is 0.0283. The number of thiazole rings is 1. The highest BCUT2D eigenvalue weighted by atomic mass is 32.1. The number of nitrogens with zero attached hydrogens (tertiary/aromatic N) is 3. The largest absolute Gasteiger partial charge is 0.375 e. The first-order valence-electron chi connectivity index (χ1n) is 10.1. The molecule has 2 aromatic heterocycles. The summed E-state index contributed by atoms with van der Waals surface area (Å²) in [6.07, 6.45) is 3.04. The molecule has 7 heteroatoms. The molecular weight excluding hydrogens is 382 g/mol. The first-order chi connectivity index (χ1) is 14.0. The van der Waals surface area contributed by atoms with Gasteiger partial charge in [-0.05, 0) is 44.4 Å². The van der Waals surface area contributed by atoms with Crippen molar-refractivity contribution >= 4 is 28.2 Å². The number of ether oxygens (including phenoxy) is 1. The lowest BCUT2D eigenvalue weighted by Crippen LogP contribution is -2.38. The van der Waals surface area contributed by atoms with E-state index in [2.05, 4.69) is 65.9 Å². The summed E-state index contributed by atoms with van der Waals surface area (Å²) in [4.78, 5) is 15.0. The third-order valence-corrected chi connectivity index (χ3v) is 6.06. The van der Waals surface area contributed by atoms with Crippen molar-refractivity contribution in [2.45, 2.75) is 39.8 Å². The van der Waals surface area contributed by atoms with Gasteiger partial charge in [0.15, 0.2) is 5.96 Å². The molecule has 0 saturated heterocycles. The Kier molecular flexibility index (Phi) is 7.28. The summed E-state index contributed by atoms with van der Waals surface area (Å²) in [7, 11) is 3.76. The van der Waals surface area contributed by atoms with Gasteiger partial charge in [0.25, 0.3) is 0 Å². The van der Waals surface area contributed by atoms with Crippen molar-refractivity contribution in [2.24, 2.45) is 4.99 Å². The maximum Gasteiger partial charge on any atom is 0.194 e. The lowest BCUT2D eigenvalue weighted by atomic mass is 10.1. The number of guanidine groups is 1. The maximum absolute atomic E-state index is 5.36. The molecule has 1 atom stereocenters. The molecule has 0 aliphatic carbocycles. The predicted molar refractivity (Wildman–Crippen MR) is 122 cm³/mol. The summed E-state index contributed by atoms with van der Waals surface area (Å²) < 4.78 is 5.36. The highest BCUT2D eigenvalue weighted by Gasteiger charge is 2.13. The fourth-order valence-corrected chi connectivity index (χ4v) is 4.24. The van der Waals surface area contributed by atoms with Crippen LogP contribution in [0.25, 0.3) is 10.9 Å². The number of H-pyrrole nitrogens is 1. The van der Waals surface area contributed by atoms with E-state index < -0.39 is 0 Å². The van der Waals surface area contributed by atoms with E-state index >= 15 is 0 Å². The van der Waals surface area contributed by atoms with Gasteiger partial charge in [0.05, 0.1) is 12.2 Å². The van der Waals surface area contributed by atoms with Crippen LogP contribution >= 0.6 is 11.3 Å². The molecule has 29 heavy (non-hydrogen) atoms. The Morgan fingerprint density at radius 2 is 2.24 bits per heavy atom. The summed E-state index contributed by atoms with van der Waals surface area (Å²) in [5.41, 5.74) is 4.85. The summed E-state index contributed by atoms with van der Waals surface area (Å²) in [5.74, 6) is 0.901. The van der Waals surface area contributed by atoms with Crippen molar-refractivity contribution in [1.29, 1.82) is 0 Å². The minimum Gasteiger partial charge on any atom is -0.375 e. The second-order valence-corrected chi connectivity index (χ2v) is 8.10. The van der Waals surface area contributed by atoms with Crippen molar-refractivity contribution in [3.8, 4) is 0 Å². The van der Waals surface area contributed by atoms with Crippen LogP contribution in [-0.4, -0.2) is 48.1 Å². The molecule has 0 spiro atoms. The number of nitrogens with one attached hydrogen (secondary N) is 2. The second-order valence-electron chi connectivity index (χ2n) is 7.21. The molecule has 0 radical (unpaired) electrons. The molecule has 0 saturated carbocycles. The molecule has 3 rings (SSSR count). The third kappa shape index (κ3) is 5.16. The van der Waals surface area contributed by atoms with E-state index in [-0.39, 0.29) is 6.10 Å². The van der Waals surface area contributed by atoms with Crippen LogP contribution in [0.1, 0.15) is 41.8 Å². The van der Waals surface area contributed by atoms with Crippen LogP contribution < -0.4 is 5.32 Å². The molecule has 156 valence electrons. The number of aromatic amines is 1. The normalized spacial score (nSPS) is 13.1. The molecule has 3 aromatic rings. The zero-order chi connectivity index (χ0) is 20.8. The predicted octanol–water partition coefficient (Wildman–Crippen LogP) is 4.28. The SMILES string of the molecule is CCNC(=NCCc1c[nH]c2cccc(C)c12)N(C)Cc1csc(C(C)OC)n1. The number of fused-ring (bicyclic) bond motifs is 1. The smallest absolute Gasteiger partial charge is 0.194 e. The molecule has 1 aromatic carbocycles. The van der Waals surface area contributed by atoms with E-state index in [1.165, 1.54) is 22.0 Å². The van der Waals surface area contributed by atoms with Crippen LogP contribution in [-0.2, 0) is 17.7 Å². The van der Waals surface area contributed by atoms with Gasteiger partial charge in [-0.3, -0.25) is 4.99 Å². The Morgan fingerprint density at radius 3 is 3.00 bits per heavy atom. The second kappa shape index (κ2) is 9.89. The minimum absolute atomic E-state index is 0.0283. The monoisotopic (exact) mass is 413 g/mol. The Bertz CT molecular complexity index is 961. The van der Waals surface area contributed by atoms with E-state index in [1.54, 1.807) is 18.4 Å². The van der Waals surface area contributed by atoms with Crippen molar-refractivity contribution in [3.05, 3.63) is 51.6 Å². The molecule has 2 heterocycles. The van der Waals surface area contributed by atoms with Crippen LogP contribution in [0.5, 0.6) is 0 Å². The van der Waals surface area contributed by atoms with Gasteiger partial charge in [0.1, 0.15) is 11.1 Å². The lowest BCUT2D eigenvalue weighted by molar-refractivity contribution is 0.119. The molecule has 6 nitrogen and oxygen atoms in total. The van der Waals surface area contributed by atoms with E-state index in [0.717, 1.165) is 36.2 Å². The fourth-order valence-electron chi connectivity index (χ4n) is 3.40. The maximum atomic E-state index is 5.36. The Balaban J connectivity index is 1.66. The molecule has 0 aliphatic rings. The number of rotatable bonds is 8. The van der Waals surface area contributed by atoms with E-state index in [1.807, 2.05) is 6.92 Å². The summed E-state index contributed by atoms with van der Waals surface area (Å²) >= 11 is 1.64. The zero-order valence-corrected chi connectivity index (χ0v) is 18.8. The Morgan fingerprint density at radius 1 is 1.41 bits per heavy atom. The lowest BCUT2D eigenvalue weighted by Gasteiger charge is -2.21. The Hall–Kier alpha value is -2.38. The molecule has 0 bridgehead atoms. The van der Waals surface area contributed by atoms with Gasteiger partial charge in [0, 0.05) is 49.7 Å². The summed E-state index contributed by atoms with van der Waals surface area (Å²) in [6.45, 7) is 8.55. The third-order valence-electron chi connectivity index (χ3n) is 5.00. The zero-order valence-electron chi connectivity index (χ0n) is 18.0. The average molecular weight is 414 g/mol. The van der Waals surface area contributed by atoms with Gasteiger partial charge in [-0.15, -0.1) is 11.3 Å². The number of methoxy groups -OCH3 is 1. The van der Waals surface area contributed by atoms with Crippen molar-refractivity contribution in [1.82, 2.24) is 20.2 Å². The molecular formula is C22H31N5OS. The molecule has 0 aliphatic heterocycles. The number of aromatic nitrogens is 2.